The Bertz CT molecular complexity index is 1250. The van der Waals surface area contributed by atoms with Crippen molar-refractivity contribution in [2.24, 2.45) is 0 Å². The molecular weight excluding hydrogens is 444 g/mol. The number of para-hydroxylation sites is 2. The van der Waals surface area contributed by atoms with Crippen molar-refractivity contribution < 1.29 is 27.4 Å². The number of hydrogen-bond donors (Lipinski definition) is 2. The lowest BCUT2D eigenvalue weighted by molar-refractivity contribution is -0.111. The van der Waals surface area contributed by atoms with Gasteiger partial charge in [0.05, 0.1) is 37.6 Å². The van der Waals surface area contributed by atoms with Crippen LogP contribution in [0.2, 0.25) is 0 Å². The van der Waals surface area contributed by atoms with Gasteiger partial charge in [0.25, 0.3) is 10.0 Å². The molecule has 0 fully saturated rings. The van der Waals surface area contributed by atoms with Crippen LogP contribution in [0.5, 0.6) is 17.2 Å². The molecule has 0 aromatic heterocycles. The van der Waals surface area contributed by atoms with E-state index in [0.29, 0.717) is 22.9 Å². The first-order chi connectivity index (χ1) is 15.9. The third-order valence-electron chi connectivity index (χ3n) is 4.63. The van der Waals surface area contributed by atoms with Gasteiger partial charge < -0.3 is 19.5 Å². The number of ether oxygens (including phenoxy) is 3. The molecule has 3 aromatic carbocycles. The lowest BCUT2D eigenvalue weighted by Gasteiger charge is -2.14. The summed E-state index contributed by atoms with van der Waals surface area (Å²) in [6.45, 7) is 0. The molecule has 0 radical (unpaired) electrons. The number of rotatable bonds is 9. The zero-order valence-electron chi connectivity index (χ0n) is 18.4. The largest absolute Gasteiger partial charge is 0.497 e. The van der Waals surface area contributed by atoms with Gasteiger partial charge in [0, 0.05) is 6.08 Å². The molecule has 8 nitrogen and oxygen atoms in total. The first kappa shape index (κ1) is 23.7. The summed E-state index contributed by atoms with van der Waals surface area (Å²) in [6, 6.07) is 18.0. The Labute approximate surface area is 192 Å². The minimum atomic E-state index is -3.96. The summed E-state index contributed by atoms with van der Waals surface area (Å²) in [5.41, 5.74) is 1.31. The number of amides is 1. The van der Waals surface area contributed by atoms with Gasteiger partial charge in [-0.3, -0.25) is 9.52 Å². The molecule has 0 heterocycles. The molecule has 0 bridgehead atoms. The summed E-state index contributed by atoms with van der Waals surface area (Å²) in [5, 5.41) is 2.66. The molecule has 0 saturated carbocycles. The Morgan fingerprint density at radius 3 is 2.15 bits per heavy atom. The minimum absolute atomic E-state index is 0.0522. The van der Waals surface area contributed by atoms with Crippen LogP contribution in [0.1, 0.15) is 5.56 Å². The summed E-state index contributed by atoms with van der Waals surface area (Å²) >= 11 is 0. The van der Waals surface area contributed by atoms with Crippen molar-refractivity contribution in [1.29, 1.82) is 0 Å². The molecule has 0 spiro atoms. The molecule has 33 heavy (non-hydrogen) atoms. The number of carbonyl (C=O) groups is 1. The SMILES string of the molecule is COc1ccc(/C=C/C(=O)Nc2cc(S(=O)(=O)Nc3ccccc3OC)ccc2OC)cc1. The average molecular weight is 469 g/mol. The van der Waals surface area contributed by atoms with Gasteiger partial charge in [-0.05, 0) is 54.1 Å². The van der Waals surface area contributed by atoms with E-state index in [4.69, 9.17) is 14.2 Å². The van der Waals surface area contributed by atoms with Gasteiger partial charge in [-0.1, -0.05) is 24.3 Å². The van der Waals surface area contributed by atoms with Gasteiger partial charge in [0.1, 0.15) is 17.2 Å². The molecule has 0 aliphatic rings. The highest BCUT2D eigenvalue weighted by Gasteiger charge is 2.19. The smallest absolute Gasteiger partial charge is 0.262 e. The van der Waals surface area contributed by atoms with Crippen LogP contribution in [0.15, 0.2) is 77.7 Å². The number of nitrogens with one attached hydrogen (secondary N) is 2. The normalized spacial score (nSPS) is 11.1. The van der Waals surface area contributed by atoms with E-state index in [-0.39, 0.29) is 10.6 Å². The Balaban J connectivity index is 1.81. The molecule has 2 N–H and O–H groups in total. The van der Waals surface area contributed by atoms with Crippen LogP contribution in [0.25, 0.3) is 6.08 Å². The highest BCUT2D eigenvalue weighted by molar-refractivity contribution is 7.92. The maximum absolute atomic E-state index is 12.9. The van der Waals surface area contributed by atoms with Gasteiger partial charge in [0.15, 0.2) is 0 Å². The number of anilines is 2. The van der Waals surface area contributed by atoms with Crippen molar-refractivity contribution in [2.75, 3.05) is 31.4 Å². The first-order valence-corrected chi connectivity index (χ1v) is 11.3. The zero-order chi connectivity index (χ0) is 23.8. The average Bonchev–Trinajstić information content (AvgIpc) is 2.83. The van der Waals surface area contributed by atoms with Gasteiger partial charge in [-0.25, -0.2) is 8.42 Å². The van der Waals surface area contributed by atoms with Crippen LogP contribution in [0, 0.1) is 0 Å². The Kier molecular flexibility index (Phi) is 7.57. The molecule has 0 aliphatic carbocycles. The quantitative estimate of drug-likeness (QED) is 0.457. The number of methoxy groups -OCH3 is 3. The summed E-state index contributed by atoms with van der Waals surface area (Å²) in [5.74, 6) is 0.960. The van der Waals surface area contributed by atoms with E-state index in [9.17, 15) is 13.2 Å². The van der Waals surface area contributed by atoms with E-state index in [1.165, 1.54) is 38.5 Å². The van der Waals surface area contributed by atoms with Crippen LogP contribution < -0.4 is 24.2 Å². The van der Waals surface area contributed by atoms with E-state index >= 15 is 0 Å². The number of sulfonamides is 1. The lowest BCUT2D eigenvalue weighted by Crippen LogP contribution is -2.15. The van der Waals surface area contributed by atoms with Crippen LogP contribution in [-0.2, 0) is 14.8 Å². The van der Waals surface area contributed by atoms with Gasteiger partial charge >= 0.3 is 0 Å². The fourth-order valence-corrected chi connectivity index (χ4v) is 4.04. The molecule has 0 atom stereocenters. The molecule has 0 unspecified atom stereocenters. The second-order valence-electron chi connectivity index (χ2n) is 6.76. The monoisotopic (exact) mass is 468 g/mol. The maximum atomic E-state index is 12.9. The molecule has 0 saturated heterocycles. The van der Waals surface area contributed by atoms with Crippen LogP contribution in [0.3, 0.4) is 0 Å². The molecule has 1 amide bonds. The molecule has 3 rings (SSSR count). The van der Waals surface area contributed by atoms with E-state index < -0.39 is 15.9 Å². The van der Waals surface area contributed by atoms with Gasteiger partial charge in [-0.2, -0.15) is 0 Å². The molecule has 0 aliphatic heterocycles. The second-order valence-corrected chi connectivity index (χ2v) is 8.45. The minimum Gasteiger partial charge on any atom is -0.497 e. The van der Waals surface area contributed by atoms with Gasteiger partial charge in [0.2, 0.25) is 5.91 Å². The summed E-state index contributed by atoms with van der Waals surface area (Å²) in [6.07, 6.45) is 2.97. The Morgan fingerprint density at radius 1 is 0.818 bits per heavy atom. The first-order valence-electron chi connectivity index (χ1n) is 9.83. The summed E-state index contributed by atoms with van der Waals surface area (Å²) < 4.78 is 43.9. The van der Waals surface area contributed by atoms with Gasteiger partial charge in [-0.15, -0.1) is 0 Å². The standard InChI is InChI=1S/C24H24N2O6S/c1-30-18-11-8-17(9-12-18)10-15-24(27)25-21-16-19(13-14-23(21)32-3)33(28,29)26-20-6-4-5-7-22(20)31-2/h4-16,26H,1-3H3,(H,25,27)/b15-10+. The topological polar surface area (TPSA) is 103 Å². The van der Waals surface area contributed by atoms with Crippen LogP contribution >= 0.6 is 0 Å². The van der Waals surface area contributed by atoms with Crippen molar-refractivity contribution in [3.63, 3.8) is 0 Å². The summed E-state index contributed by atoms with van der Waals surface area (Å²) in [7, 11) is 0.499. The maximum Gasteiger partial charge on any atom is 0.262 e. The summed E-state index contributed by atoms with van der Waals surface area (Å²) in [4.78, 5) is 12.4. The molecular formula is C24H24N2O6S. The number of hydrogen-bond acceptors (Lipinski definition) is 6. The van der Waals surface area contributed by atoms with Crippen molar-refractivity contribution in [3.8, 4) is 17.2 Å². The zero-order valence-corrected chi connectivity index (χ0v) is 19.2. The van der Waals surface area contributed by atoms with Crippen molar-refractivity contribution in [1.82, 2.24) is 0 Å². The number of carbonyl (C=O) groups excluding carboxylic acids is 1. The predicted molar refractivity (Wildman–Crippen MR) is 127 cm³/mol. The third kappa shape index (κ3) is 6.05. The van der Waals surface area contributed by atoms with E-state index in [2.05, 4.69) is 10.0 Å². The van der Waals surface area contributed by atoms with E-state index in [1.807, 2.05) is 0 Å². The van der Waals surface area contributed by atoms with Crippen molar-refractivity contribution in [3.05, 3.63) is 78.4 Å². The lowest BCUT2D eigenvalue weighted by atomic mass is 10.2. The number of benzene rings is 3. The highest BCUT2D eigenvalue weighted by atomic mass is 32.2. The predicted octanol–water partition coefficient (Wildman–Crippen LogP) is 4.17. The van der Waals surface area contributed by atoms with Crippen molar-refractivity contribution >= 4 is 33.4 Å². The van der Waals surface area contributed by atoms with Crippen LogP contribution in [0.4, 0.5) is 11.4 Å². The third-order valence-corrected chi connectivity index (χ3v) is 6.00. The van der Waals surface area contributed by atoms with E-state index in [1.54, 1.807) is 61.7 Å². The molecule has 3 aromatic rings. The second kappa shape index (κ2) is 10.6. The molecule has 172 valence electrons. The Morgan fingerprint density at radius 2 is 1.48 bits per heavy atom. The fraction of sp³-hybridized carbons (Fsp3) is 0.125. The van der Waals surface area contributed by atoms with Crippen LogP contribution in [-0.4, -0.2) is 35.7 Å². The van der Waals surface area contributed by atoms with E-state index in [0.717, 1.165) is 5.56 Å². The highest BCUT2D eigenvalue weighted by Crippen LogP contribution is 2.30. The Hall–Kier alpha value is -3.98. The van der Waals surface area contributed by atoms with Crippen molar-refractivity contribution in [2.45, 2.75) is 4.90 Å². The molecule has 9 heteroatoms. The fourth-order valence-electron chi connectivity index (χ4n) is 2.95.